The largest absolute Gasteiger partial charge is 0.435 e. The van der Waals surface area contributed by atoms with Crippen LogP contribution in [0.5, 0.6) is 5.75 Å². The minimum absolute atomic E-state index is 0.172. The molecule has 1 heterocycles. The lowest BCUT2D eigenvalue weighted by Crippen LogP contribution is -2.46. The first-order valence-electron chi connectivity index (χ1n) is 9.58. The standard InChI is InChI=1S/C20H32F2N4O/c1-15(2)26-11-5-6-17(14-26)12-24-20(23-3)25(4)13-16-7-9-18(10-8-16)27-19(21)22/h7-10,15,17,19H,5-6,11-14H2,1-4H3,(H,23,24). The number of piperidine rings is 1. The average Bonchev–Trinajstić information content (AvgIpc) is 2.63. The van der Waals surface area contributed by atoms with Gasteiger partial charge in [0.2, 0.25) is 0 Å². The molecule has 152 valence electrons. The van der Waals surface area contributed by atoms with Gasteiger partial charge in [-0.2, -0.15) is 8.78 Å². The Morgan fingerprint density at radius 1 is 1.33 bits per heavy atom. The highest BCUT2D eigenvalue weighted by atomic mass is 19.3. The number of benzene rings is 1. The van der Waals surface area contributed by atoms with Gasteiger partial charge in [0.25, 0.3) is 0 Å². The van der Waals surface area contributed by atoms with E-state index < -0.39 is 6.61 Å². The third kappa shape index (κ3) is 6.97. The van der Waals surface area contributed by atoms with Gasteiger partial charge in [0.05, 0.1) is 0 Å². The number of likely N-dealkylation sites (tertiary alicyclic amines) is 1. The van der Waals surface area contributed by atoms with Gasteiger partial charge in [-0.05, 0) is 56.8 Å². The van der Waals surface area contributed by atoms with Crippen LogP contribution in [0.25, 0.3) is 0 Å². The molecule has 1 N–H and O–H groups in total. The van der Waals surface area contributed by atoms with Crippen LogP contribution in [-0.4, -0.2) is 62.1 Å². The lowest BCUT2D eigenvalue weighted by molar-refractivity contribution is -0.0498. The fourth-order valence-electron chi connectivity index (χ4n) is 3.48. The summed E-state index contributed by atoms with van der Waals surface area (Å²) in [5, 5.41) is 3.48. The van der Waals surface area contributed by atoms with Crippen molar-refractivity contribution in [3.63, 3.8) is 0 Å². The van der Waals surface area contributed by atoms with Crippen LogP contribution in [0.1, 0.15) is 32.3 Å². The quantitative estimate of drug-likeness (QED) is 0.580. The number of nitrogens with one attached hydrogen (secondary N) is 1. The predicted molar refractivity (Wildman–Crippen MR) is 105 cm³/mol. The molecule has 27 heavy (non-hydrogen) atoms. The Balaban J connectivity index is 1.84. The van der Waals surface area contributed by atoms with Crippen LogP contribution in [0.4, 0.5) is 8.78 Å². The number of halogens is 2. The maximum absolute atomic E-state index is 12.2. The summed E-state index contributed by atoms with van der Waals surface area (Å²) in [6.07, 6.45) is 2.48. The number of guanidine groups is 1. The summed E-state index contributed by atoms with van der Waals surface area (Å²) in [6, 6.07) is 7.31. The van der Waals surface area contributed by atoms with Crippen LogP contribution in [0.3, 0.4) is 0 Å². The lowest BCUT2D eigenvalue weighted by Gasteiger charge is -2.36. The fourth-order valence-corrected chi connectivity index (χ4v) is 3.48. The molecule has 0 amide bonds. The van der Waals surface area contributed by atoms with Crippen LogP contribution >= 0.6 is 0 Å². The number of aliphatic imine (C=N–C) groups is 1. The Morgan fingerprint density at radius 2 is 2.04 bits per heavy atom. The molecule has 7 heteroatoms. The van der Waals surface area contributed by atoms with Gasteiger partial charge in [0.15, 0.2) is 5.96 Å². The number of rotatable bonds is 7. The lowest BCUT2D eigenvalue weighted by atomic mass is 9.97. The van der Waals surface area contributed by atoms with Gasteiger partial charge in [0.1, 0.15) is 5.75 Å². The summed E-state index contributed by atoms with van der Waals surface area (Å²) in [6.45, 7) is 5.55. The summed E-state index contributed by atoms with van der Waals surface area (Å²) < 4.78 is 28.9. The van der Waals surface area contributed by atoms with E-state index >= 15 is 0 Å². The Morgan fingerprint density at radius 3 is 2.63 bits per heavy atom. The average molecular weight is 382 g/mol. The van der Waals surface area contributed by atoms with Gasteiger partial charge in [-0.15, -0.1) is 0 Å². The van der Waals surface area contributed by atoms with Crippen LogP contribution in [-0.2, 0) is 6.54 Å². The molecule has 1 atom stereocenters. The minimum atomic E-state index is -2.80. The molecule has 0 bridgehead atoms. The van der Waals surface area contributed by atoms with E-state index in [2.05, 4.69) is 33.8 Å². The first-order valence-corrected chi connectivity index (χ1v) is 9.58. The second kappa shape index (κ2) is 10.4. The molecule has 1 aromatic rings. The van der Waals surface area contributed by atoms with E-state index in [1.165, 1.54) is 19.4 Å². The molecule has 1 aromatic carbocycles. The van der Waals surface area contributed by atoms with Gasteiger partial charge in [-0.1, -0.05) is 12.1 Å². The molecule has 1 fully saturated rings. The zero-order valence-corrected chi connectivity index (χ0v) is 16.8. The topological polar surface area (TPSA) is 40.1 Å². The molecule has 0 saturated carbocycles. The molecule has 0 aliphatic carbocycles. The second-order valence-electron chi connectivity index (χ2n) is 7.40. The maximum atomic E-state index is 12.2. The Labute approximate surface area is 161 Å². The fraction of sp³-hybridized carbons (Fsp3) is 0.650. The van der Waals surface area contributed by atoms with Crippen molar-refractivity contribution in [2.75, 3.05) is 33.7 Å². The van der Waals surface area contributed by atoms with E-state index in [4.69, 9.17) is 0 Å². The van der Waals surface area contributed by atoms with E-state index in [0.29, 0.717) is 18.5 Å². The Kier molecular flexibility index (Phi) is 8.28. The zero-order chi connectivity index (χ0) is 19.8. The van der Waals surface area contributed by atoms with Gasteiger partial charge in [0, 0.05) is 39.8 Å². The predicted octanol–water partition coefficient (Wildman–Crippen LogP) is 3.42. The van der Waals surface area contributed by atoms with Crippen molar-refractivity contribution in [2.24, 2.45) is 10.9 Å². The number of alkyl halides is 2. The van der Waals surface area contributed by atoms with E-state index in [-0.39, 0.29) is 5.75 Å². The van der Waals surface area contributed by atoms with Crippen LogP contribution in [0.2, 0.25) is 0 Å². The molecule has 2 rings (SSSR count). The van der Waals surface area contributed by atoms with Crippen molar-refractivity contribution in [2.45, 2.75) is 45.9 Å². The Bertz CT molecular complexity index is 592. The van der Waals surface area contributed by atoms with Crippen molar-refractivity contribution < 1.29 is 13.5 Å². The first kappa shape index (κ1) is 21.4. The molecule has 1 aliphatic rings. The third-order valence-corrected chi connectivity index (χ3v) is 4.97. The molecule has 0 aromatic heterocycles. The SMILES string of the molecule is CN=C(NCC1CCCN(C(C)C)C1)N(C)Cc1ccc(OC(F)F)cc1. The third-order valence-electron chi connectivity index (χ3n) is 4.97. The first-order chi connectivity index (χ1) is 12.9. The highest BCUT2D eigenvalue weighted by molar-refractivity contribution is 5.79. The molecule has 1 unspecified atom stereocenters. The minimum Gasteiger partial charge on any atom is -0.435 e. The number of hydrogen-bond acceptors (Lipinski definition) is 3. The number of ether oxygens (including phenoxy) is 1. The van der Waals surface area contributed by atoms with Crippen molar-refractivity contribution >= 4 is 5.96 Å². The molecule has 5 nitrogen and oxygen atoms in total. The van der Waals surface area contributed by atoms with Crippen LogP contribution < -0.4 is 10.1 Å². The number of nitrogens with zero attached hydrogens (tertiary/aromatic N) is 3. The highest BCUT2D eigenvalue weighted by Gasteiger charge is 2.22. The molecule has 1 saturated heterocycles. The second-order valence-corrected chi connectivity index (χ2v) is 7.40. The van der Waals surface area contributed by atoms with Crippen LogP contribution in [0.15, 0.2) is 29.3 Å². The molecule has 0 radical (unpaired) electrons. The summed E-state index contributed by atoms with van der Waals surface area (Å²) in [5.74, 6) is 1.63. The smallest absolute Gasteiger partial charge is 0.387 e. The van der Waals surface area contributed by atoms with E-state index in [9.17, 15) is 8.78 Å². The van der Waals surface area contributed by atoms with Gasteiger partial charge >= 0.3 is 6.61 Å². The van der Waals surface area contributed by atoms with Crippen LogP contribution in [0, 0.1) is 5.92 Å². The van der Waals surface area contributed by atoms with Crippen molar-refractivity contribution in [1.82, 2.24) is 15.1 Å². The van der Waals surface area contributed by atoms with E-state index in [0.717, 1.165) is 24.6 Å². The zero-order valence-electron chi connectivity index (χ0n) is 16.8. The van der Waals surface area contributed by atoms with Crippen molar-refractivity contribution in [1.29, 1.82) is 0 Å². The van der Waals surface area contributed by atoms with E-state index in [1.54, 1.807) is 31.3 Å². The maximum Gasteiger partial charge on any atom is 0.387 e. The van der Waals surface area contributed by atoms with Gasteiger partial charge in [-0.3, -0.25) is 4.99 Å². The molecule has 1 aliphatic heterocycles. The summed E-state index contributed by atoms with van der Waals surface area (Å²) in [5.41, 5.74) is 1.01. The number of hydrogen-bond donors (Lipinski definition) is 1. The summed E-state index contributed by atoms with van der Waals surface area (Å²) >= 11 is 0. The summed E-state index contributed by atoms with van der Waals surface area (Å²) in [7, 11) is 3.75. The van der Waals surface area contributed by atoms with Gasteiger partial charge < -0.3 is 19.9 Å². The summed E-state index contributed by atoms with van der Waals surface area (Å²) in [4.78, 5) is 8.94. The Hall–Kier alpha value is -1.89. The monoisotopic (exact) mass is 382 g/mol. The molecular weight excluding hydrogens is 350 g/mol. The normalized spacial score (nSPS) is 18.8. The van der Waals surface area contributed by atoms with Gasteiger partial charge in [-0.25, -0.2) is 0 Å². The van der Waals surface area contributed by atoms with Crippen molar-refractivity contribution in [3.8, 4) is 5.75 Å². The molecule has 0 spiro atoms. The van der Waals surface area contributed by atoms with E-state index in [1.807, 2.05) is 11.9 Å². The highest BCUT2D eigenvalue weighted by Crippen LogP contribution is 2.18. The van der Waals surface area contributed by atoms with Crippen molar-refractivity contribution in [3.05, 3.63) is 29.8 Å². The molecular formula is C20H32F2N4O.